The van der Waals surface area contributed by atoms with E-state index in [0.717, 1.165) is 16.6 Å². The van der Waals surface area contributed by atoms with Crippen LogP contribution in [-0.4, -0.2) is 13.4 Å². The molecule has 0 aliphatic carbocycles. The normalized spacial score (nSPS) is 10.2. The standard InChI is InChI=1S/C11H15BrO2/c1-3-9-5-6-10(7-11(9)12)14-8-13-4-2/h5-7H,3-4,8H2,1-2H3. The quantitative estimate of drug-likeness (QED) is 0.596. The average molecular weight is 259 g/mol. The van der Waals surface area contributed by atoms with Gasteiger partial charge in [0.05, 0.1) is 0 Å². The molecular formula is C11H15BrO2. The van der Waals surface area contributed by atoms with E-state index in [1.165, 1.54) is 5.56 Å². The molecule has 0 bridgehead atoms. The van der Waals surface area contributed by atoms with Crippen molar-refractivity contribution in [1.29, 1.82) is 0 Å². The van der Waals surface area contributed by atoms with Crippen LogP contribution in [0.25, 0.3) is 0 Å². The highest BCUT2D eigenvalue weighted by Gasteiger charge is 1.99. The first kappa shape index (κ1) is 11.5. The largest absolute Gasteiger partial charge is 0.468 e. The molecule has 0 fully saturated rings. The Balaban J connectivity index is 2.57. The topological polar surface area (TPSA) is 18.5 Å². The third kappa shape index (κ3) is 3.31. The van der Waals surface area contributed by atoms with Crippen molar-refractivity contribution in [3.63, 3.8) is 0 Å². The van der Waals surface area contributed by atoms with Gasteiger partial charge < -0.3 is 9.47 Å². The molecule has 0 amide bonds. The summed E-state index contributed by atoms with van der Waals surface area (Å²) in [6, 6.07) is 5.99. The summed E-state index contributed by atoms with van der Waals surface area (Å²) in [5.41, 5.74) is 1.29. The molecule has 0 radical (unpaired) electrons. The van der Waals surface area contributed by atoms with Crippen LogP contribution in [0.5, 0.6) is 5.75 Å². The van der Waals surface area contributed by atoms with Crippen LogP contribution in [-0.2, 0) is 11.2 Å². The predicted molar refractivity (Wildman–Crippen MR) is 60.6 cm³/mol. The van der Waals surface area contributed by atoms with E-state index in [1.54, 1.807) is 0 Å². The lowest BCUT2D eigenvalue weighted by molar-refractivity contribution is 0.0224. The molecule has 0 aromatic heterocycles. The Hall–Kier alpha value is -0.540. The molecule has 2 nitrogen and oxygen atoms in total. The van der Waals surface area contributed by atoms with Crippen LogP contribution in [0.15, 0.2) is 22.7 Å². The molecule has 1 rings (SSSR count). The molecule has 3 heteroatoms. The zero-order valence-corrected chi connectivity index (χ0v) is 10.1. The van der Waals surface area contributed by atoms with Gasteiger partial charge >= 0.3 is 0 Å². The first-order valence-electron chi connectivity index (χ1n) is 4.76. The zero-order chi connectivity index (χ0) is 10.4. The molecule has 0 aliphatic rings. The first-order valence-corrected chi connectivity index (χ1v) is 5.56. The lowest BCUT2D eigenvalue weighted by Gasteiger charge is -2.07. The Morgan fingerprint density at radius 3 is 2.64 bits per heavy atom. The number of hydrogen-bond acceptors (Lipinski definition) is 2. The van der Waals surface area contributed by atoms with Gasteiger partial charge in [0.1, 0.15) is 5.75 Å². The van der Waals surface area contributed by atoms with Crippen LogP contribution in [0, 0.1) is 0 Å². The van der Waals surface area contributed by atoms with Gasteiger partial charge in [0.25, 0.3) is 0 Å². The summed E-state index contributed by atoms with van der Waals surface area (Å²) in [5.74, 6) is 0.836. The van der Waals surface area contributed by atoms with Crippen molar-refractivity contribution in [3.8, 4) is 5.75 Å². The maximum Gasteiger partial charge on any atom is 0.189 e. The van der Waals surface area contributed by atoms with Gasteiger partial charge in [-0.05, 0) is 31.0 Å². The molecule has 0 aliphatic heterocycles. The minimum Gasteiger partial charge on any atom is -0.468 e. The van der Waals surface area contributed by atoms with E-state index < -0.39 is 0 Å². The Morgan fingerprint density at radius 2 is 2.07 bits per heavy atom. The number of halogens is 1. The molecule has 0 spiro atoms. The molecule has 0 heterocycles. The summed E-state index contributed by atoms with van der Waals surface area (Å²) in [6.07, 6.45) is 1.02. The van der Waals surface area contributed by atoms with E-state index in [-0.39, 0.29) is 0 Å². The van der Waals surface area contributed by atoms with E-state index in [1.807, 2.05) is 19.1 Å². The van der Waals surface area contributed by atoms with Crippen LogP contribution in [0.1, 0.15) is 19.4 Å². The monoisotopic (exact) mass is 258 g/mol. The van der Waals surface area contributed by atoms with Crippen LogP contribution in [0.4, 0.5) is 0 Å². The molecule has 0 saturated carbocycles. The smallest absolute Gasteiger partial charge is 0.189 e. The molecule has 0 N–H and O–H groups in total. The highest BCUT2D eigenvalue weighted by molar-refractivity contribution is 9.10. The van der Waals surface area contributed by atoms with Crippen molar-refractivity contribution in [2.24, 2.45) is 0 Å². The molecule has 0 saturated heterocycles. The van der Waals surface area contributed by atoms with Crippen LogP contribution in [0.3, 0.4) is 0 Å². The minimum atomic E-state index is 0.314. The van der Waals surface area contributed by atoms with Gasteiger partial charge in [0.2, 0.25) is 0 Å². The summed E-state index contributed by atoms with van der Waals surface area (Å²) in [6.45, 7) is 5.06. The zero-order valence-electron chi connectivity index (χ0n) is 8.55. The molecule has 0 atom stereocenters. The fraction of sp³-hybridized carbons (Fsp3) is 0.455. The van der Waals surface area contributed by atoms with Crippen molar-refractivity contribution in [1.82, 2.24) is 0 Å². The second kappa shape index (κ2) is 6.04. The highest BCUT2D eigenvalue weighted by Crippen LogP contribution is 2.23. The van der Waals surface area contributed by atoms with Gasteiger partial charge in [0.15, 0.2) is 6.79 Å². The Morgan fingerprint density at radius 1 is 1.29 bits per heavy atom. The van der Waals surface area contributed by atoms with E-state index in [4.69, 9.17) is 9.47 Å². The van der Waals surface area contributed by atoms with E-state index >= 15 is 0 Å². The SMILES string of the molecule is CCOCOc1ccc(CC)c(Br)c1. The minimum absolute atomic E-state index is 0.314. The molecule has 1 aromatic rings. The van der Waals surface area contributed by atoms with Gasteiger partial charge in [-0.15, -0.1) is 0 Å². The summed E-state index contributed by atoms with van der Waals surface area (Å²) < 4.78 is 11.6. The van der Waals surface area contributed by atoms with Gasteiger partial charge in [0, 0.05) is 11.1 Å². The summed E-state index contributed by atoms with van der Waals surface area (Å²) >= 11 is 3.50. The average Bonchev–Trinajstić information content (AvgIpc) is 2.18. The summed E-state index contributed by atoms with van der Waals surface area (Å²) in [5, 5.41) is 0. The second-order valence-corrected chi connectivity index (χ2v) is 3.72. The van der Waals surface area contributed by atoms with Crippen LogP contribution in [0.2, 0.25) is 0 Å². The van der Waals surface area contributed by atoms with E-state index in [2.05, 4.69) is 28.9 Å². The van der Waals surface area contributed by atoms with Crippen molar-refractivity contribution in [3.05, 3.63) is 28.2 Å². The van der Waals surface area contributed by atoms with Crippen LogP contribution < -0.4 is 4.74 Å². The Kier molecular flexibility index (Phi) is 4.98. The van der Waals surface area contributed by atoms with Crippen molar-refractivity contribution in [2.45, 2.75) is 20.3 Å². The Labute approximate surface area is 93.4 Å². The number of aryl methyl sites for hydroxylation is 1. The number of ether oxygens (including phenoxy) is 2. The van der Waals surface area contributed by atoms with Crippen molar-refractivity contribution < 1.29 is 9.47 Å². The fourth-order valence-electron chi connectivity index (χ4n) is 1.10. The summed E-state index contributed by atoms with van der Waals surface area (Å²) in [4.78, 5) is 0. The van der Waals surface area contributed by atoms with E-state index in [9.17, 15) is 0 Å². The summed E-state index contributed by atoms with van der Waals surface area (Å²) in [7, 11) is 0. The molecule has 0 unspecified atom stereocenters. The Bertz CT molecular complexity index is 287. The van der Waals surface area contributed by atoms with E-state index in [0.29, 0.717) is 13.4 Å². The maximum absolute atomic E-state index is 5.37. The van der Waals surface area contributed by atoms with Crippen LogP contribution >= 0.6 is 15.9 Å². The third-order valence-electron chi connectivity index (χ3n) is 1.92. The van der Waals surface area contributed by atoms with Gasteiger partial charge in [-0.2, -0.15) is 0 Å². The molecule has 1 aromatic carbocycles. The fourth-order valence-corrected chi connectivity index (χ4v) is 1.74. The van der Waals surface area contributed by atoms with Gasteiger partial charge in [-0.1, -0.05) is 28.9 Å². The van der Waals surface area contributed by atoms with Crippen molar-refractivity contribution >= 4 is 15.9 Å². The van der Waals surface area contributed by atoms with Gasteiger partial charge in [-0.25, -0.2) is 0 Å². The molecule has 14 heavy (non-hydrogen) atoms. The highest BCUT2D eigenvalue weighted by atomic mass is 79.9. The first-order chi connectivity index (χ1) is 6.77. The number of hydrogen-bond donors (Lipinski definition) is 0. The molecular weight excluding hydrogens is 244 g/mol. The lowest BCUT2D eigenvalue weighted by Crippen LogP contribution is -2.02. The molecule has 78 valence electrons. The number of benzene rings is 1. The third-order valence-corrected chi connectivity index (χ3v) is 2.66. The predicted octanol–water partition coefficient (Wildman–Crippen LogP) is 3.38. The van der Waals surface area contributed by atoms with Crippen molar-refractivity contribution in [2.75, 3.05) is 13.4 Å². The maximum atomic E-state index is 5.37. The number of rotatable bonds is 5. The second-order valence-electron chi connectivity index (χ2n) is 2.86. The lowest BCUT2D eigenvalue weighted by atomic mass is 10.2. The van der Waals surface area contributed by atoms with Gasteiger partial charge in [-0.3, -0.25) is 0 Å².